The van der Waals surface area contributed by atoms with Crippen LogP contribution in [0, 0.1) is 0 Å². The van der Waals surface area contributed by atoms with Gasteiger partial charge in [-0.15, -0.1) is 0 Å². The standard InChI is InChI=1S/C10H11Cl2F3N3O5PS/c11-24(12,25)22-2-4-5(19)6(20)8(23-4)18-1-3(10(13,14)15)7(16)17-9(18)21/h1,4-6,8,19-20H,2H2,(H2,16,17,21)/t4-,5?,6+,8-/m1/s1. The van der Waals surface area contributed by atoms with E-state index in [-0.39, 0.29) is 0 Å². The Morgan fingerprint density at radius 3 is 2.56 bits per heavy atom. The number of hydrogen-bond acceptors (Lipinski definition) is 8. The van der Waals surface area contributed by atoms with Crippen molar-refractivity contribution in [3.63, 3.8) is 0 Å². The van der Waals surface area contributed by atoms with E-state index >= 15 is 0 Å². The van der Waals surface area contributed by atoms with Crippen LogP contribution in [0.5, 0.6) is 0 Å². The van der Waals surface area contributed by atoms with Crippen LogP contribution in [-0.2, 0) is 27.2 Å². The quantitative estimate of drug-likeness (QED) is 0.593. The summed E-state index contributed by atoms with van der Waals surface area (Å²) in [5.74, 6) is -1.02. The third kappa shape index (κ3) is 4.83. The van der Waals surface area contributed by atoms with Crippen molar-refractivity contribution < 1.29 is 32.6 Å². The Kier molecular flexibility index (Phi) is 6.07. The average molecular weight is 444 g/mol. The third-order valence-electron chi connectivity index (χ3n) is 3.29. The Hall–Kier alpha value is -0.460. The van der Waals surface area contributed by atoms with E-state index < -0.39 is 59.4 Å². The van der Waals surface area contributed by atoms with Crippen LogP contribution in [0.15, 0.2) is 11.0 Å². The molecule has 4 atom stereocenters. The Labute approximate surface area is 152 Å². The lowest BCUT2D eigenvalue weighted by Gasteiger charge is -2.19. The van der Waals surface area contributed by atoms with E-state index in [2.05, 4.69) is 16.8 Å². The first kappa shape index (κ1) is 20.8. The molecule has 2 heterocycles. The number of alkyl halides is 3. The lowest BCUT2D eigenvalue weighted by atomic mass is 10.1. The van der Waals surface area contributed by atoms with E-state index in [1.165, 1.54) is 0 Å². The molecule has 1 saturated heterocycles. The van der Waals surface area contributed by atoms with Gasteiger partial charge in [-0.1, -0.05) is 0 Å². The molecule has 0 saturated carbocycles. The molecule has 1 aliphatic heterocycles. The van der Waals surface area contributed by atoms with Crippen molar-refractivity contribution in [2.75, 3.05) is 12.3 Å². The maximum absolute atomic E-state index is 12.9. The Morgan fingerprint density at radius 1 is 1.44 bits per heavy atom. The van der Waals surface area contributed by atoms with Gasteiger partial charge in [0.15, 0.2) is 6.23 Å². The van der Waals surface area contributed by atoms with E-state index in [4.69, 9.17) is 37.5 Å². The second kappa shape index (κ2) is 7.28. The van der Waals surface area contributed by atoms with Crippen LogP contribution in [0.1, 0.15) is 11.8 Å². The highest BCUT2D eigenvalue weighted by atomic mass is 35.9. The van der Waals surface area contributed by atoms with Gasteiger partial charge in [0.1, 0.15) is 29.7 Å². The van der Waals surface area contributed by atoms with Gasteiger partial charge in [-0.3, -0.25) is 4.57 Å². The monoisotopic (exact) mass is 443 g/mol. The summed E-state index contributed by atoms with van der Waals surface area (Å²) in [4.78, 5) is 11.7. The van der Waals surface area contributed by atoms with E-state index in [1.807, 2.05) is 0 Å². The normalized spacial score (nSPS) is 27.6. The molecule has 0 spiro atoms. The zero-order valence-electron chi connectivity index (χ0n) is 11.9. The number of aliphatic hydroxyl groups excluding tert-OH is 2. The summed E-state index contributed by atoms with van der Waals surface area (Å²) in [6.07, 6.45) is -10.8. The highest BCUT2D eigenvalue weighted by Crippen LogP contribution is 2.58. The molecule has 0 aliphatic carbocycles. The molecule has 0 bridgehead atoms. The summed E-state index contributed by atoms with van der Waals surface area (Å²) in [6.45, 7) is -0.442. The largest absolute Gasteiger partial charge is 0.421 e. The van der Waals surface area contributed by atoms with Crippen LogP contribution in [0.3, 0.4) is 0 Å². The van der Waals surface area contributed by atoms with E-state index in [9.17, 15) is 28.2 Å². The van der Waals surface area contributed by atoms with Gasteiger partial charge in [-0.2, -0.15) is 18.2 Å². The lowest BCUT2D eigenvalue weighted by molar-refractivity contribution is -0.138. The van der Waals surface area contributed by atoms with E-state index in [0.29, 0.717) is 10.8 Å². The summed E-state index contributed by atoms with van der Waals surface area (Å²) >= 11 is 15.7. The summed E-state index contributed by atoms with van der Waals surface area (Å²) in [5, 5.41) is 19.9. The fourth-order valence-electron chi connectivity index (χ4n) is 2.14. The number of nitrogens with zero attached hydrogens (tertiary/aromatic N) is 2. The molecule has 8 nitrogen and oxygen atoms in total. The molecule has 25 heavy (non-hydrogen) atoms. The molecule has 4 N–H and O–H groups in total. The van der Waals surface area contributed by atoms with Gasteiger partial charge < -0.3 is 25.2 Å². The number of rotatable bonds is 4. The molecule has 142 valence electrons. The predicted molar refractivity (Wildman–Crippen MR) is 85.8 cm³/mol. The molecule has 15 heteroatoms. The highest BCUT2D eigenvalue weighted by molar-refractivity contribution is 8.36. The third-order valence-corrected chi connectivity index (χ3v) is 4.64. The van der Waals surface area contributed by atoms with Crippen LogP contribution in [0.2, 0.25) is 0 Å². The molecule has 1 fully saturated rings. The van der Waals surface area contributed by atoms with Crippen molar-refractivity contribution in [2.24, 2.45) is 0 Å². The molecular formula is C10H11Cl2F3N3O5PS. The number of nitrogen functional groups attached to an aromatic ring is 1. The van der Waals surface area contributed by atoms with Gasteiger partial charge in [0.2, 0.25) is 4.97 Å². The van der Waals surface area contributed by atoms with Crippen LogP contribution < -0.4 is 11.4 Å². The maximum Gasteiger partial charge on any atom is 0.421 e. The molecule has 1 aliphatic rings. The summed E-state index contributed by atoms with van der Waals surface area (Å²) < 4.78 is 49.2. The van der Waals surface area contributed by atoms with Gasteiger partial charge in [0.05, 0.1) is 6.61 Å². The smallest absolute Gasteiger partial charge is 0.387 e. The molecule has 0 aromatic carbocycles. The fraction of sp³-hybridized carbons (Fsp3) is 0.600. The molecule has 1 aromatic heterocycles. The zero-order chi connectivity index (χ0) is 19.2. The van der Waals surface area contributed by atoms with Gasteiger partial charge in [-0.25, -0.2) is 4.79 Å². The molecular weight excluding hydrogens is 433 g/mol. The first-order valence-corrected chi connectivity index (χ1v) is 11.0. The van der Waals surface area contributed by atoms with Gasteiger partial charge in [-0.05, 0) is 34.3 Å². The Morgan fingerprint density at radius 2 is 2.04 bits per heavy atom. The van der Waals surface area contributed by atoms with Crippen LogP contribution >= 0.6 is 27.5 Å². The number of hydrogen-bond donors (Lipinski definition) is 3. The molecule has 0 amide bonds. The molecule has 1 aromatic rings. The van der Waals surface area contributed by atoms with Gasteiger partial charge >= 0.3 is 11.9 Å². The number of halogens is 5. The number of anilines is 1. The first-order valence-electron chi connectivity index (χ1n) is 6.42. The Bertz CT molecular complexity index is 760. The zero-order valence-corrected chi connectivity index (χ0v) is 15.2. The summed E-state index contributed by atoms with van der Waals surface area (Å²) in [6, 6.07) is 0. The van der Waals surface area contributed by atoms with Crippen molar-refractivity contribution in [1.29, 1.82) is 0 Å². The van der Waals surface area contributed by atoms with Crippen molar-refractivity contribution in [1.82, 2.24) is 9.55 Å². The van der Waals surface area contributed by atoms with E-state index in [1.54, 1.807) is 0 Å². The lowest BCUT2D eigenvalue weighted by Crippen LogP contribution is -2.37. The topological polar surface area (TPSA) is 120 Å². The second-order valence-corrected chi connectivity index (χ2v) is 12.2. The minimum atomic E-state index is -4.89. The number of nitrogens with two attached hydrogens (primary N) is 1. The Balaban J connectivity index is 2.33. The fourth-order valence-corrected chi connectivity index (χ4v) is 2.98. The van der Waals surface area contributed by atoms with Crippen molar-refractivity contribution in [3.8, 4) is 0 Å². The van der Waals surface area contributed by atoms with Gasteiger partial charge in [0, 0.05) is 6.20 Å². The van der Waals surface area contributed by atoms with E-state index in [0.717, 1.165) is 0 Å². The molecule has 2 rings (SSSR count). The second-order valence-electron chi connectivity index (χ2n) is 4.98. The van der Waals surface area contributed by atoms with Crippen LogP contribution in [0.4, 0.5) is 19.0 Å². The average Bonchev–Trinajstić information content (AvgIpc) is 2.71. The predicted octanol–water partition coefficient (Wildman–Crippen LogP) is 1.18. The molecule has 0 radical (unpaired) electrons. The minimum Gasteiger partial charge on any atom is -0.387 e. The van der Waals surface area contributed by atoms with Crippen LogP contribution in [-0.4, -0.2) is 44.7 Å². The summed E-state index contributed by atoms with van der Waals surface area (Å²) in [5.41, 5.74) is 2.51. The van der Waals surface area contributed by atoms with Crippen LogP contribution in [0.25, 0.3) is 0 Å². The highest BCUT2D eigenvalue weighted by Gasteiger charge is 2.45. The molecule has 1 unspecified atom stereocenters. The van der Waals surface area contributed by atoms with Crippen molar-refractivity contribution in [3.05, 3.63) is 22.2 Å². The summed E-state index contributed by atoms with van der Waals surface area (Å²) in [7, 11) is 0. The van der Waals surface area contributed by atoms with Crippen molar-refractivity contribution >= 4 is 45.1 Å². The SMILES string of the molecule is Nc1nc(=O)n([C@@H]2O[C@H](COP(=S)(Cl)Cl)C(O)[C@@H]2O)cc1C(F)(F)F. The number of aliphatic hydroxyl groups is 2. The number of aromatic nitrogens is 2. The minimum absolute atomic E-state index is 0.349. The number of ether oxygens (including phenoxy) is 1. The van der Waals surface area contributed by atoms with Gasteiger partial charge in [0.25, 0.3) is 0 Å². The first-order chi connectivity index (χ1) is 11.3. The maximum atomic E-state index is 12.9. The van der Waals surface area contributed by atoms with Crippen molar-refractivity contribution in [2.45, 2.75) is 30.7 Å².